The van der Waals surface area contributed by atoms with Gasteiger partial charge in [-0.2, -0.15) is 0 Å². The molecule has 108 valence electrons. The molecule has 0 saturated carbocycles. The number of benzene rings is 2. The minimum Gasteiger partial charge on any atom is -0.384 e. The van der Waals surface area contributed by atoms with Gasteiger partial charge in [-0.25, -0.2) is 0 Å². The fourth-order valence-electron chi connectivity index (χ4n) is 2.74. The van der Waals surface area contributed by atoms with Crippen molar-refractivity contribution in [2.75, 3.05) is 17.2 Å². The molecule has 0 amide bonds. The van der Waals surface area contributed by atoms with Crippen LogP contribution >= 0.6 is 0 Å². The number of fused-ring (bicyclic) bond motifs is 1. The molecule has 3 rings (SSSR count). The fraction of sp³-hybridized carbons (Fsp3) is 0.250. The van der Waals surface area contributed by atoms with Gasteiger partial charge in [0.25, 0.3) is 5.69 Å². The van der Waals surface area contributed by atoms with Gasteiger partial charge in [0.05, 0.1) is 4.92 Å². The molecule has 0 aliphatic carbocycles. The SMILES string of the molecule is Cc1cccc(CNc2c([N+](=O)[O-])ccc3c2CCN3)c1. The average Bonchev–Trinajstić information content (AvgIpc) is 2.93. The summed E-state index contributed by atoms with van der Waals surface area (Å²) in [4.78, 5) is 10.9. The van der Waals surface area contributed by atoms with E-state index in [-0.39, 0.29) is 10.6 Å². The molecule has 2 aromatic rings. The normalized spacial score (nSPS) is 12.6. The predicted octanol–water partition coefficient (Wildman–Crippen LogP) is 3.48. The van der Waals surface area contributed by atoms with Crippen LogP contribution in [0.1, 0.15) is 16.7 Å². The van der Waals surface area contributed by atoms with E-state index in [1.54, 1.807) is 12.1 Å². The molecular weight excluding hydrogens is 266 g/mol. The molecule has 0 radical (unpaired) electrons. The Bertz CT molecular complexity index is 698. The summed E-state index contributed by atoms with van der Waals surface area (Å²) in [5.41, 5.74) is 5.09. The lowest BCUT2D eigenvalue weighted by Crippen LogP contribution is -2.05. The highest BCUT2D eigenvalue weighted by molar-refractivity contribution is 5.77. The van der Waals surface area contributed by atoms with Gasteiger partial charge in [0.2, 0.25) is 0 Å². The number of hydrogen-bond acceptors (Lipinski definition) is 4. The van der Waals surface area contributed by atoms with Crippen molar-refractivity contribution in [3.05, 3.63) is 63.2 Å². The van der Waals surface area contributed by atoms with E-state index in [1.165, 1.54) is 5.56 Å². The van der Waals surface area contributed by atoms with Gasteiger partial charge in [-0.3, -0.25) is 10.1 Å². The van der Waals surface area contributed by atoms with Crippen molar-refractivity contribution in [3.8, 4) is 0 Å². The van der Waals surface area contributed by atoms with Crippen LogP contribution in [0.15, 0.2) is 36.4 Å². The molecule has 0 bridgehead atoms. The van der Waals surface area contributed by atoms with Crippen LogP contribution in [0.5, 0.6) is 0 Å². The minimum absolute atomic E-state index is 0.144. The molecule has 1 aliphatic rings. The summed E-state index contributed by atoms with van der Waals surface area (Å²) in [6, 6.07) is 11.5. The topological polar surface area (TPSA) is 67.2 Å². The lowest BCUT2D eigenvalue weighted by Gasteiger charge is -2.12. The van der Waals surface area contributed by atoms with Crippen molar-refractivity contribution in [1.82, 2.24) is 0 Å². The van der Waals surface area contributed by atoms with E-state index < -0.39 is 0 Å². The highest BCUT2D eigenvalue weighted by Crippen LogP contribution is 2.37. The van der Waals surface area contributed by atoms with Gasteiger partial charge in [0.1, 0.15) is 5.69 Å². The maximum absolute atomic E-state index is 11.2. The van der Waals surface area contributed by atoms with E-state index in [4.69, 9.17) is 0 Å². The Morgan fingerprint density at radius 1 is 1.33 bits per heavy atom. The molecule has 2 N–H and O–H groups in total. The Morgan fingerprint density at radius 2 is 2.19 bits per heavy atom. The van der Waals surface area contributed by atoms with Gasteiger partial charge in [-0.05, 0) is 25.0 Å². The van der Waals surface area contributed by atoms with Crippen molar-refractivity contribution < 1.29 is 4.92 Å². The van der Waals surface area contributed by atoms with Crippen molar-refractivity contribution in [3.63, 3.8) is 0 Å². The second-order valence-electron chi connectivity index (χ2n) is 5.26. The van der Waals surface area contributed by atoms with E-state index in [0.29, 0.717) is 12.2 Å². The second-order valence-corrected chi connectivity index (χ2v) is 5.26. The zero-order chi connectivity index (χ0) is 14.8. The van der Waals surface area contributed by atoms with Crippen LogP contribution in [0.3, 0.4) is 0 Å². The molecule has 21 heavy (non-hydrogen) atoms. The quantitative estimate of drug-likeness (QED) is 0.666. The van der Waals surface area contributed by atoms with Crippen LogP contribution in [-0.2, 0) is 13.0 Å². The zero-order valence-electron chi connectivity index (χ0n) is 11.8. The smallest absolute Gasteiger partial charge is 0.292 e. The maximum atomic E-state index is 11.2. The first kappa shape index (κ1) is 13.4. The average molecular weight is 283 g/mol. The highest BCUT2D eigenvalue weighted by Gasteiger charge is 2.23. The molecule has 0 unspecified atom stereocenters. The first-order valence-corrected chi connectivity index (χ1v) is 6.99. The Balaban J connectivity index is 1.90. The fourth-order valence-corrected chi connectivity index (χ4v) is 2.74. The van der Waals surface area contributed by atoms with Gasteiger partial charge in [0, 0.05) is 30.4 Å². The second kappa shape index (κ2) is 5.44. The van der Waals surface area contributed by atoms with Crippen LogP contribution in [-0.4, -0.2) is 11.5 Å². The number of nitro groups is 1. The molecule has 1 heterocycles. The Kier molecular flexibility index (Phi) is 3.48. The number of nitrogens with one attached hydrogen (secondary N) is 2. The Hall–Kier alpha value is -2.56. The number of nitrogens with zero attached hydrogens (tertiary/aromatic N) is 1. The number of anilines is 2. The van der Waals surface area contributed by atoms with Crippen molar-refractivity contribution >= 4 is 17.1 Å². The van der Waals surface area contributed by atoms with Gasteiger partial charge < -0.3 is 10.6 Å². The lowest BCUT2D eigenvalue weighted by atomic mass is 10.1. The summed E-state index contributed by atoms with van der Waals surface area (Å²) in [5.74, 6) is 0. The van der Waals surface area contributed by atoms with Gasteiger partial charge in [-0.15, -0.1) is 0 Å². The van der Waals surface area contributed by atoms with Crippen LogP contribution in [0.25, 0.3) is 0 Å². The Morgan fingerprint density at radius 3 is 2.95 bits per heavy atom. The third-order valence-corrected chi connectivity index (χ3v) is 3.73. The third-order valence-electron chi connectivity index (χ3n) is 3.73. The first-order valence-electron chi connectivity index (χ1n) is 6.99. The standard InChI is InChI=1S/C16H17N3O2/c1-11-3-2-4-12(9-11)10-18-16-13-7-8-17-14(13)5-6-15(16)19(20)21/h2-6,9,17-18H,7-8,10H2,1H3. The van der Waals surface area contributed by atoms with E-state index in [2.05, 4.69) is 16.7 Å². The number of nitro benzene ring substituents is 1. The lowest BCUT2D eigenvalue weighted by molar-refractivity contribution is -0.384. The largest absolute Gasteiger partial charge is 0.384 e. The monoisotopic (exact) mass is 283 g/mol. The summed E-state index contributed by atoms with van der Waals surface area (Å²) in [6.07, 6.45) is 0.813. The maximum Gasteiger partial charge on any atom is 0.292 e. The summed E-state index contributed by atoms with van der Waals surface area (Å²) < 4.78 is 0. The van der Waals surface area contributed by atoms with Gasteiger partial charge in [-0.1, -0.05) is 29.8 Å². The number of rotatable bonds is 4. The molecular formula is C16H17N3O2. The van der Waals surface area contributed by atoms with Crippen molar-refractivity contribution in [1.29, 1.82) is 0 Å². The molecule has 0 saturated heterocycles. The molecule has 5 heteroatoms. The number of hydrogen-bond donors (Lipinski definition) is 2. The Labute approximate surface area is 123 Å². The van der Waals surface area contributed by atoms with Crippen LogP contribution in [0, 0.1) is 17.0 Å². The summed E-state index contributed by atoms with van der Waals surface area (Å²) in [7, 11) is 0. The number of aryl methyl sites for hydroxylation is 1. The molecule has 0 fully saturated rings. The van der Waals surface area contributed by atoms with Crippen LogP contribution in [0.4, 0.5) is 17.1 Å². The van der Waals surface area contributed by atoms with Crippen molar-refractivity contribution in [2.24, 2.45) is 0 Å². The highest BCUT2D eigenvalue weighted by atomic mass is 16.6. The van der Waals surface area contributed by atoms with Gasteiger partial charge in [0.15, 0.2) is 0 Å². The summed E-state index contributed by atoms with van der Waals surface area (Å²) in [6.45, 7) is 3.45. The van der Waals surface area contributed by atoms with E-state index in [0.717, 1.165) is 29.8 Å². The predicted molar refractivity (Wildman–Crippen MR) is 83.8 cm³/mol. The van der Waals surface area contributed by atoms with E-state index in [1.807, 2.05) is 25.1 Å². The molecule has 1 aliphatic heterocycles. The van der Waals surface area contributed by atoms with Crippen LogP contribution in [0.2, 0.25) is 0 Å². The molecule has 0 spiro atoms. The molecule has 5 nitrogen and oxygen atoms in total. The van der Waals surface area contributed by atoms with Crippen LogP contribution < -0.4 is 10.6 Å². The van der Waals surface area contributed by atoms with Gasteiger partial charge >= 0.3 is 0 Å². The third kappa shape index (κ3) is 2.67. The summed E-state index contributed by atoms with van der Waals surface area (Å²) >= 11 is 0. The van der Waals surface area contributed by atoms with Crippen molar-refractivity contribution in [2.45, 2.75) is 19.9 Å². The van der Waals surface area contributed by atoms with E-state index in [9.17, 15) is 10.1 Å². The zero-order valence-corrected chi connectivity index (χ0v) is 11.8. The minimum atomic E-state index is -0.322. The summed E-state index contributed by atoms with van der Waals surface area (Å²) in [5, 5.41) is 17.7. The van der Waals surface area contributed by atoms with E-state index >= 15 is 0 Å². The first-order chi connectivity index (χ1) is 10.1. The molecule has 0 aromatic heterocycles. The molecule has 0 atom stereocenters. The molecule has 2 aromatic carbocycles.